The highest BCUT2D eigenvalue weighted by atomic mass is 16.5. The van der Waals surface area contributed by atoms with E-state index in [2.05, 4.69) is 15.5 Å². The normalized spacial score (nSPS) is 26.3. The first-order chi connectivity index (χ1) is 15.0. The number of carbonyl (C=O) groups is 4. The van der Waals surface area contributed by atoms with Crippen molar-refractivity contribution in [2.24, 2.45) is 0 Å². The van der Waals surface area contributed by atoms with Crippen molar-refractivity contribution in [1.82, 2.24) is 20.4 Å². The number of piperidine rings is 2. The maximum atomic E-state index is 13.1. The number of hydrogen-bond acceptors (Lipinski definition) is 7. The van der Waals surface area contributed by atoms with Crippen LogP contribution in [0.2, 0.25) is 0 Å². The molecule has 0 bridgehead atoms. The molecule has 9 heteroatoms. The van der Waals surface area contributed by atoms with Crippen LogP contribution in [0.15, 0.2) is 18.2 Å². The van der Waals surface area contributed by atoms with Gasteiger partial charge in [0.1, 0.15) is 6.04 Å². The summed E-state index contributed by atoms with van der Waals surface area (Å²) in [5, 5.41) is 5.63. The molecular formula is C22H26N4O5. The zero-order valence-electron chi connectivity index (χ0n) is 17.3. The molecule has 3 saturated heterocycles. The van der Waals surface area contributed by atoms with E-state index in [-0.39, 0.29) is 24.3 Å². The molecule has 4 aliphatic rings. The first-order valence-corrected chi connectivity index (χ1v) is 10.9. The average molecular weight is 426 g/mol. The van der Waals surface area contributed by atoms with E-state index in [4.69, 9.17) is 4.74 Å². The largest absolute Gasteiger partial charge is 0.378 e. The molecule has 1 aromatic rings. The predicted molar refractivity (Wildman–Crippen MR) is 109 cm³/mol. The van der Waals surface area contributed by atoms with Gasteiger partial charge in [-0.3, -0.25) is 34.3 Å². The molecule has 3 fully saturated rings. The molecule has 164 valence electrons. The Kier molecular flexibility index (Phi) is 5.11. The van der Waals surface area contributed by atoms with E-state index in [1.165, 1.54) is 0 Å². The molecule has 1 atom stereocenters. The molecule has 1 unspecified atom stereocenters. The first kappa shape index (κ1) is 20.3. The number of hydrogen-bond donors (Lipinski definition) is 2. The van der Waals surface area contributed by atoms with Gasteiger partial charge in [0.2, 0.25) is 11.8 Å². The van der Waals surface area contributed by atoms with Crippen molar-refractivity contribution in [3.63, 3.8) is 0 Å². The van der Waals surface area contributed by atoms with Gasteiger partial charge in [0.25, 0.3) is 11.8 Å². The van der Waals surface area contributed by atoms with E-state index < -0.39 is 23.8 Å². The molecule has 4 amide bonds. The molecule has 9 nitrogen and oxygen atoms in total. The van der Waals surface area contributed by atoms with Crippen LogP contribution < -0.4 is 10.6 Å². The lowest BCUT2D eigenvalue weighted by atomic mass is 9.85. The van der Waals surface area contributed by atoms with Gasteiger partial charge < -0.3 is 10.1 Å². The number of carbonyl (C=O) groups excluding carboxylic acids is 4. The first-order valence-electron chi connectivity index (χ1n) is 10.9. The average Bonchev–Trinajstić information content (AvgIpc) is 3.01. The van der Waals surface area contributed by atoms with Crippen molar-refractivity contribution in [1.29, 1.82) is 0 Å². The summed E-state index contributed by atoms with van der Waals surface area (Å²) >= 11 is 0. The summed E-state index contributed by atoms with van der Waals surface area (Å²) in [7, 11) is 0. The van der Waals surface area contributed by atoms with Crippen LogP contribution in [0, 0.1) is 0 Å². The molecule has 4 aliphatic heterocycles. The Morgan fingerprint density at radius 3 is 2.61 bits per heavy atom. The van der Waals surface area contributed by atoms with Gasteiger partial charge in [-0.15, -0.1) is 0 Å². The summed E-state index contributed by atoms with van der Waals surface area (Å²) in [6, 6.07) is 4.42. The Bertz CT molecular complexity index is 947. The quantitative estimate of drug-likeness (QED) is 0.657. The zero-order chi connectivity index (χ0) is 21.6. The maximum Gasteiger partial charge on any atom is 0.262 e. The second-order valence-electron chi connectivity index (χ2n) is 8.78. The van der Waals surface area contributed by atoms with Crippen molar-refractivity contribution < 1.29 is 23.9 Å². The van der Waals surface area contributed by atoms with Gasteiger partial charge >= 0.3 is 0 Å². The van der Waals surface area contributed by atoms with Gasteiger partial charge in [-0.1, -0.05) is 6.07 Å². The fourth-order valence-electron chi connectivity index (χ4n) is 5.20. The molecule has 0 aliphatic carbocycles. The monoisotopic (exact) mass is 426 g/mol. The van der Waals surface area contributed by atoms with Gasteiger partial charge in [-0.2, -0.15) is 0 Å². The number of ether oxygens (including phenoxy) is 1. The number of nitrogens with one attached hydrogen (secondary N) is 2. The third-order valence-corrected chi connectivity index (χ3v) is 6.96. The summed E-state index contributed by atoms with van der Waals surface area (Å²) in [4.78, 5) is 53.1. The number of benzene rings is 1. The number of morpholine rings is 1. The van der Waals surface area contributed by atoms with Crippen molar-refractivity contribution in [2.75, 3.05) is 32.8 Å². The van der Waals surface area contributed by atoms with Crippen LogP contribution in [0.25, 0.3) is 0 Å². The van der Waals surface area contributed by atoms with E-state index >= 15 is 0 Å². The van der Waals surface area contributed by atoms with Crippen molar-refractivity contribution in [2.45, 2.75) is 43.8 Å². The molecule has 1 spiro atoms. The number of imide groups is 2. The lowest BCUT2D eigenvalue weighted by Crippen LogP contribution is -2.60. The van der Waals surface area contributed by atoms with E-state index in [9.17, 15) is 19.2 Å². The lowest BCUT2D eigenvalue weighted by Gasteiger charge is -2.49. The Morgan fingerprint density at radius 2 is 1.84 bits per heavy atom. The molecule has 1 aromatic carbocycles. The van der Waals surface area contributed by atoms with Crippen molar-refractivity contribution in [3.05, 3.63) is 34.9 Å². The Morgan fingerprint density at radius 1 is 1.06 bits per heavy atom. The molecule has 5 rings (SSSR count). The van der Waals surface area contributed by atoms with Crippen LogP contribution in [0.5, 0.6) is 0 Å². The van der Waals surface area contributed by atoms with Gasteiger partial charge in [-0.05, 0) is 50.0 Å². The highest BCUT2D eigenvalue weighted by Gasteiger charge is 2.45. The highest BCUT2D eigenvalue weighted by Crippen LogP contribution is 2.33. The lowest BCUT2D eigenvalue weighted by molar-refractivity contribution is -0.136. The minimum absolute atomic E-state index is 0.00109. The number of rotatable bonds is 3. The summed E-state index contributed by atoms with van der Waals surface area (Å²) in [6.07, 6.45) is 2.30. The molecule has 0 aromatic heterocycles. The summed E-state index contributed by atoms with van der Waals surface area (Å²) in [5.74, 6) is -1.90. The topological polar surface area (TPSA) is 108 Å². The van der Waals surface area contributed by atoms with Crippen molar-refractivity contribution >= 4 is 23.6 Å². The minimum Gasteiger partial charge on any atom is -0.378 e. The van der Waals surface area contributed by atoms with Crippen LogP contribution in [0.4, 0.5) is 0 Å². The fraction of sp³-hybridized carbons (Fsp3) is 0.545. The van der Waals surface area contributed by atoms with Crippen LogP contribution >= 0.6 is 0 Å². The molecule has 2 N–H and O–H groups in total. The van der Waals surface area contributed by atoms with Gasteiger partial charge in [-0.25, -0.2) is 0 Å². The molecule has 31 heavy (non-hydrogen) atoms. The molecular weight excluding hydrogens is 400 g/mol. The Labute approximate surface area is 180 Å². The van der Waals surface area contributed by atoms with E-state index in [1.807, 2.05) is 6.07 Å². The summed E-state index contributed by atoms with van der Waals surface area (Å²) < 4.78 is 5.80. The molecule has 0 saturated carbocycles. The summed E-state index contributed by atoms with van der Waals surface area (Å²) in [5.41, 5.74) is 1.61. The fourth-order valence-corrected chi connectivity index (χ4v) is 5.20. The standard InChI is InChI=1S/C22H26N4O5/c27-18-4-3-17(19(28)24-18)26-20(29)15-2-1-14(11-16(15)21(26)30)12-25-9-10-31-13-22(25)5-7-23-8-6-22/h1-2,11,17,23H,3-10,12-13H2,(H,24,27,28). The molecule has 0 radical (unpaired) electrons. The molecule has 4 heterocycles. The SMILES string of the molecule is O=C1CCC(N2C(=O)c3ccc(CN4CCOCC45CCNCC5)cc3C2=O)C(=O)N1. The van der Waals surface area contributed by atoms with Crippen LogP contribution in [0.1, 0.15) is 52.0 Å². The van der Waals surface area contributed by atoms with Gasteiger partial charge in [0.15, 0.2) is 0 Å². The zero-order valence-corrected chi connectivity index (χ0v) is 17.3. The van der Waals surface area contributed by atoms with E-state index in [1.54, 1.807) is 12.1 Å². The second-order valence-corrected chi connectivity index (χ2v) is 8.78. The van der Waals surface area contributed by atoms with Gasteiger partial charge in [0, 0.05) is 25.0 Å². The third kappa shape index (κ3) is 3.46. The highest BCUT2D eigenvalue weighted by molar-refractivity contribution is 6.23. The predicted octanol–water partition coefficient (Wildman–Crippen LogP) is 0.0422. The Hall–Kier alpha value is -2.62. The smallest absolute Gasteiger partial charge is 0.262 e. The number of nitrogens with zero attached hydrogens (tertiary/aromatic N) is 2. The number of amides is 4. The van der Waals surface area contributed by atoms with E-state index in [0.717, 1.165) is 42.9 Å². The maximum absolute atomic E-state index is 13.1. The van der Waals surface area contributed by atoms with Crippen LogP contribution in [-0.2, 0) is 20.9 Å². The van der Waals surface area contributed by atoms with Crippen LogP contribution in [0.3, 0.4) is 0 Å². The second kappa shape index (κ2) is 7.81. The van der Waals surface area contributed by atoms with Gasteiger partial charge in [0.05, 0.1) is 24.3 Å². The van der Waals surface area contributed by atoms with E-state index in [0.29, 0.717) is 30.9 Å². The van der Waals surface area contributed by atoms with Crippen molar-refractivity contribution in [3.8, 4) is 0 Å². The Balaban J connectivity index is 1.38. The van der Waals surface area contributed by atoms with Crippen LogP contribution in [-0.4, -0.2) is 77.9 Å². The number of fused-ring (bicyclic) bond motifs is 1. The minimum atomic E-state index is -0.939. The summed E-state index contributed by atoms with van der Waals surface area (Å²) in [6.45, 7) is 4.81. The third-order valence-electron chi connectivity index (χ3n) is 6.96.